The molecule has 114 valence electrons. The largest absolute Gasteiger partial charge is 0.308 e. The van der Waals surface area contributed by atoms with Crippen LogP contribution in [0.15, 0.2) is 30.5 Å². The lowest BCUT2D eigenvalue weighted by Gasteiger charge is -2.20. The van der Waals surface area contributed by atoms with Crippen LogP contribution >= 0.6 is 0 Å². The maximum Gasteiger partial charge on any atom is 0.0678 e. The van der Waals surface area contributed by atoms with E-state index in [4.69, 9.17) is 0 Å². The molecule has 3 heteroatoms. The molecule has 0 aliphatic carbocycles. The first-order chi connectivity index (χ1) is 9.92. The normalized spacial score (nSPS) is 11.9. The highest BCUT2D eigenvalue weighted by molar-refractivity contribution is 5.42. The molecule has 21 heavy (non-hydrogen) atoms. The first-order valence-corrected chi connectivity index (χ1v) is 7.79. The summed E-state index contributed by atoms with van der Waals surface area (Å²) in [5.74, 6) is 0. The van der Waals surface area contributed by atoms with Gasteiger partial charge in [-0.15, -0.1) is 0 Å². The number of hydrogen-bond acceptors (Lipinski definition) is 2. The summed E-state index contributed by atoms with van der Waals surface area (Å²) >= 11 is 0. The number of nitrogens with zero attached hydrogens (tertiary/aromatic N) is 2. The number of aromatic nitrogens is 2. The van der Waals surface area contributed by atoms with Crippen LogP contribution in [0.4, 0.5) is 0 Å². The Balaban J connectivity index is 2.35. The Morgan fingerprint density at radius 2 is 1.90 bits per heavy atom. The van der Waals surface area contributed by atoms with E-state index >= 15 is 0 Å². The molecule has 0 spiro atoms. The van der Waals surface area contributed by atoms with Gasteiger partial charge in [0, 0.05) is 23.3 Å². The Hall–Kier alpha value is -1.61. The van der Waals surface area contributed by atoms with Crippen molar-refractivity contribution >= 4 is 0 Å². The van der Waals surface area contributed by atoms with Gasteiger partial charge in [0.15, 0.2) is 0 Å². The van der Waals surface area contributed by atoms with E-state index in [0.717, 1.165) is 19.4 Å². The van der Waals surface area contributed by atoms with Crippen LogP contribution in [-0.4, -0.2) is 15.3 Å². The number of para-hydroxylation sites is 1. The van der Waals surface area contributed by atoms with E-state index in [9.17, 15) is 0 Å². The molecule has 0 fully saturated rings. The highest BCUT2D eigenvalue weighted by Gasteiger charge is 2.15. The van der Waals surface area contributed by atoms with Crippen molar-refractivity contribution < 1.29 is 0 Å². The molecule has 1 heterocycles. The van der Waals surface area contributed by atoms with Gasteiger partial charge in [0.25, 0.3) is 0 Å². The third kappa shape index (κ3) is 3.94. The topological polar surface area (TPSA) is 29.9 Å². The second-order valence-electron chi connectivity index (χ2n) is 6.67. The molecule has 0 aliphatic heterocycles. The van der Waals surface area contributed by atoms with Crippen molar-refractivity contribution in [3.8, 4) is 5.69 Å². The Morgan fingerprint density at radius 1 is 1.19 bits per heavy atom. The van der Waals surface area contributed by atoms with Crippen LogP contribution in [0.5, 0.6) is 0 Å². The van der Waals surface area contributed by atoms with E-state index in [2.05, 4.69) is 74.0 Å². The number of hydrogen-bond donors (Lipinski definition) is 1. The summed E-state index contributed by atoms with van der Waals surface area (Å²) in [6.07, 6.45) is 4.19. The fourth-order valence-electron chi connectivity index (χ4n) is 2.43. The minimum absolute atomic E-state index is 0.119. The van der Waals surface area contributed by atoms with Crippen LogP contribution in [0.2, 0.25) is 0 Å². The maximum absolute atomic E-state index is 4.64. The van der Waals surface area contributed by atoms with Gasteiger partial charge in [-0.3, -0.25) is 0 Å². The second-order valence-corrected chi connectivity index (χ2v) is 6.67. The van der Waals surface area contributed by atoms with E-state index < -0.39 is 0 Å². The zero-order valence-electron chi connectivity index (χ0n) is 13.9. The third-order valence-corrected chi connectivity index (χ3v) is 3.59. The van der Waals surface area contributed by atoms with Crippen LogP contribution < -0.4 is 5.32 Å². The molecule has 0 atom stereocenters. The van der Waals surface area contributed by atoms with Crippen molar-refractivity contribution in [3.05, 3.63) is 47.3 Å². The van der Waals surface area contributed by atoms with Gasteiger partial charge >= 0.3 is 0 Å². The van der Waals surface area contributed by atoms with Crippen molar-refractivity contribution in [2.24, 2.45) is 0 Å². The van der Waals surface area contributed by atoms with Gasteiger partial charge < -0.3 is 5.32 Å². The quantitative estimate of drug-likeness (QED) is 0.899. The molecule has 2 rings (SSSR count). The first kappa shape index (κ1) is 15.8. The Kier molecular flexibility index (Phi) is 4.84. The van der Waals surface area contributed by atoms with Crippen molar-refractivity contribution in [1.82, 2.24) is 15.1 Å². The fourth-order valence-corrected chi connectivity index (χ4v) is 2.43. The van der Waals surface area contributed by atoms with E-state index in [1.54, 1.807) is 0 Å². The fraction of sp³-hybridized carbons (Fsp3) is 0.500. The average molecular weight is 285 g/mol. The highest BCUT2D eigenvalue weighted by atomic mass is 15.3. The zero-order chi connectivity index (χ0) is 15.5. The molecule has 1 aromatic carbocycles. The number of rotatable bonds is 5. The van der Waals surface area contributed by atoms with Gasteiger partial charge in [-0.25, -0.2) is 4.68 Å². The molecule has 3 nitrogen and oxygen atoms in total. The molecule has 0 aliphatic rings. The lowest BCUT2D eigenvalue weighted by molar-refractivity contribution is 0.423. The molecule has 0 saturated heterocycles. The molecule has 0 saturated carbocycles. The molecular formula is C18H27N3. The zero-order valence-corrected chi connectivity index (χ0v) is 13.9. The lowest BCUT2D eigenvalue weighted by atomic mass is 10.1. The SMILES string of the molecule is CCCc1c(CNC(C)(C)C)cnn1-c1ccccc1C. The van der Waals surface area contributed by atoms with E-state index in [0.29, 0.717) is 0 Å². The van der Waals surface area contributed by atoms with Crippen LogP contribution in [0.25, 0.3) is 5.69 Å². The van der Waals surface area contributed by atoms with Crippen LogP contribution in [0, 0.1) is 6.92 Å². The number of aryl methyl sites for hydroxylation is 1. The summed E-state index contributed by atoms with van der Waals surface area (Å²) in [6.45, 7) is 11.8. The van der Waals surface area contributed by atoms with Gasteiger partial charge in [0.2, 0.25) is 0 Å². The Bertz CT molecular complexity index is 591. The van der Waals surface area contributed by atoms with Crippen LogP contribution in [0.1, 0.15) is 50.9 Å². The second kappa shape index (κ2) is 6.44. The van der Waals surface area contributed by atoms with Gasteiger partial charge in [-0.2, -0.15) is 5.10 Å². The number of benzene rings is 1. The maximum atomic E-state index is 4.64. The molecule has 1 aromatic heterocycles. The summed E-state index contributed by atoms with van der Waals surface area (Å²) in [7, 11) is 0. The lowest BCUT2D eigenvalue weighted by Crippen LogP contribution is -2.35. The number of nitrogens with one attached hydrogen (secondary N) is 1. The minimum Gasteiger partial charge on any atom is -0.308 e. The van der Waals surface area contributed by atoms with Crippen molar-refractivity contribution in [2.75, 3.05) is 0 Å². The Labute approximate surface area is 128 Å². The van der Waals surface area contributed by atoms with Crippen molar-refractivity contribution in [3.63, 3.8) is 0 Å². The first-order valence-electron chi connectivity index (χ1n) is 7.79. The summed E-state index contributed by atoms with van der Waals surface area (Å²) in [5.41, 5.74) is 5.18. The molecular weight excluding hydrogens is 258 g/mol. The molecule has 0 bridgehead atoms. The molecule has 1 N–H and O–H groups in total. The van der Waals surface area contributed by atoms with Gasteiger partial charge in [-0.1, -0.05) is 31.5 Å². The summed E-state index contributed by atoms with van der Waals surface area (Å²) in [6, 6.07) is 8.43. The average Bonchev–Trinajstić information content (AvgIpc) is 2.80. The van der Waals surface area contributed by atoms with E-state index in [-0.39, 0.29) is 5.54 Å². The third-order valence-electron chi connectivity index (χ3n) is 3.59. The van der Waals surface area contributed by atoms with Crippen molar-refractivity contribution in [2.45, 2.75) is 59.5 Å². The summed E-state index contributed by atoms with van der Waals surface area (Å²) < 4.78 is 2.11. The highest BCUT2D eigenvalue weighted by Crippen LogP contribution is 2.20. The predicted octanol–water partition coefficient (Wildman–Crippen LogP) is 4.02. The van der Waals surface area contributed by atoms with Gasteiger partial charge in [0.05, 0.1) is 11.9 Å². The molecule has 0 unspecified atom stereocenters. The smallest absolute Gasteiger partial charge is 0.0678 e. The van der Waals surface area contributed by atoms with E-state index in [1.165, 1.54) is 22.5 Å². The van der Waals surface area contributed by atoms with E-state index in [1.807, 2.05) is 6.20 Å². The standard InChI is InChI=1S/C18H27N3/c1-6-9-17-15(12-19-18(3,4)5)13-20-21(17)16-11-8-7-10-14(16)2/h7-8,10-11,13,19H,6,9,12H2,1-5H3. The molecule has 0 amide bonds. The van der Waals surface area contributed by atoms with Crippen LogP contribution in [-0.2, 0) is 13.0 Å². The summed E-state index contributed by atoms with van der Waals surface area (Å²) in [4.78, 5) is 0. The summed E-state index contributed by atoms with van der Waals surface area (Å²) in [5, 5.41) is 8.21. The predicted molar refractivity (Wildman–Crippen MR) is 88.9 cm³/mol. The minimum atomic E-state index is 0.119. The Morgan fingerprint density at radius 3 is 2.52 bits per heavy atom. The molecule has 2 aromatic rings. The molecule has 0 radical (unpaired) electrons. The van der Waals surface area contributed by atoms with Crippen molar-refractivity contribution in [1.29, 1.82) is 0 Å². The van der Waals surface area contributed by atoms with Gasteiger partial charge in [0.1, 0.15) is 0 Å². The monoisotopic (exact) mass is 285 g/mol. The van der Waals surface area contributed by atoms with Gasteiger partial charge in [-0.05, 0) is 45.7 Å². The van der Waals surface area contributed by atoms with Crippen LogP contribution in [0.3, 0.4) is 0 Å².